The summed E-state index contributed by atoms with van der Waals surface area (Å²) >= 11 is 3.28. The predicted octanol–water partition coefficient (Wildman–Crippen LogP) is 2.08. The SMILES string of the molecule is COCC(C)(C)Nc1ncc(Br)cn1. The van der Waals surface area contributed by atoms with Gasteiger partial charge >= 0.3 is 0 Å². The van der Waals surface area contributed by atoms with Crippen LogP contribution in [0.5, 0.6) is 0 Å². The van der Waals surface area contributed by atoms with Crippen LogP contribution in [0, 0.1) is 0 Å². The summed E-state index contributed by atoms with van der Waals surface area (Å²) in [6, 6.07) is 0. The second kappa shape index (κ2) is 4.70. The molecule has 78 valence electrons. The van der Waals surface area contributed by atoms with Crippen LogP contribution in [0.25, 0.3) is 0 Å². The molecule has 0 saturated carbocycles. The van der Waals surface area contributed by atoms with Crippen molar-refractivity contribution in [2.45, 2.75) is 19.4 Å². The smallest absolute Gasteiger partial charge is 0.223 e. The Labute approximate surface area is 92.2 Å². The van der Waals surface area contributed by atoms with Gasteiger partial charge in [-0.1, -0.05) is 0 Å². The van der Waals surface area contributed by atoms with E-state index in [0.29, 0.717) is 12.6 Å². The molecule has 1 aromatic rings. The number of nitrogens with one attached hydrogen (secondary N) is 1. The van der Waals surface area contributed by atoms with Crippen LogP contribution in [0.2, 0.25) is 0 Å². The highest BCUT2D eigenvalue weighted by atomic mass is 79.9. The van der Waals surface area contributed by atoms with Gasteiger partial charge in [-0.15, -0.1) is 0 Å². The normalized spacial score (nSPS) is 11.4. The molecular formula is C9H14BrN3O. The van der Waals surface area contributed by atoms with Gasteiger partial charge in [0.15, 0.2) is 0 Å². The third kappa shape index (κ3) is 3.59. The van der Waals surface area contributed by atoms with Crippen molar-refractivity contribution in [3.05, 3.63) is 16.9 Å². The molecule has 0 aliphatic heterocycles. The van der Waals surface area contributed by atoms with Crippen LogP contribution >= 0.6 is 15.9 Å². The average molecular weight is 260 g/mol. The molecule has 0 aliphatic carbocycles. The molecule has 5 heteroatoms. The maximum atomic E-state index is 5.08. The Hall–Kier alpha value is -0.680. The fourth-order valence-corrected chi connectivity index (χ4v) is 1.28. The summed E-state index contributed by atoms with van der Waals surface area (Å²) in [5, 5.41) is 3.18. The summed E-state index contributed by atoms with van der Waals surface area (Å²) in [7, 11) is 1.67. The van der Waals surface area contributed by atoms with Crippen molar-refractivity contribution in [2.75, 3.05) is 19.0 Å². The van der Waals surface area contributed by atoms with Gasteiger partial charge in [-0.3, -0.25) is 0 Å². The lowest BCUT2D eigenvalue weighted by Gasteiger charge is -2.24. The first-order chi connectivity index (χ1) is 6.53. The molecule has 0 bridgehead atoms. The minimum atomic E-state index is -0.164. The molecule has 0 amide bonds. The first-order valence-corrected chi connectivity index (χ1v) is 5.07. The number of halogens is 1. The van der Waals surface area contributed by atoms with E-state index in [-0.39, 0.29) is 5.54 Å². The second-order valence-corrected chi connectivity index (χ2v) is 4.58. The standard InChI is InChI=1S/C9H14BrN3O/c1-9(2,6-14-3)13-8-11-4-7(10)5-12-8/h4-5H,6H2,1-3H3,(H,11,12,13). The highest BCUT2D eigenvalue weighted by Gasteiger charge is 2.17. The Morgan fingerprint density at radius 1 is 1.43 bits per heavy atom. The molecule has 1 rings (SSSR count). The number of aromatic nitrogens is 2. The molecule has 0 saturated heterocycles. The molecule has 0 spiro atoms. The van der Waals surface area contributed by atoms with Crippen molar-refractivity contribution >= 4 is 21.9 Å². The summed E-state index contributed by atoms with van der Waals surface area (Å²) < 4.78 is 5.94. The quantitative estimate of drug-likeness (QED) is 0.900. The first kappa shape index (κ1) is 11.4. The van der Waals surface area contributed by atoms with E-state index < -0.39 is 0 Å². The summed E-state index contributed by atoms with van der Waals surface area (Å²) in [6.45, 7) is 4.66. The molecule has 1 N–H and O–H groups in total. The van der Waals surface area contributed by atoms with Gasteiger partial charge in [0.1, 0.15) is 0 Å². The summed E-state index contributed by atoms with van der Waals surface area (Å²) in [5.74, 6) is 0.607. The zero-order valence-electron chi connectivity index (χ0n) is 8.54. The van der Waals surface area contributed by atoms with Crippen molar-refractivity contribution in [2.24, 2.45) is 0 Å². The molecule has 4 nitrogen and oxygen atoms in total. The molecule has 0 aromatic carbocycles. The Kier molecular flexibility index (Phi) is 3.83. The lowest BCUT2D eigenvalue weighted by atomic mass is 10.1. The highest BCUT2D eigenvalue weighted by Crippen LogP contribution is 2.12. The third-order valence-electron chi connectivity index (χ3n) is 1.58. The van der Waals surface area contributed by atoms with Crippen LogP contribution in [-0.2, 0) is 4.74 Å². The van der Waals surface area contributed by atoms with E-state index in [1.807, 2.05) is 13.8 Å². The van der Waals surface area contributed by atoms with Crippen LogP contribution in [0.3, 0.4) is 0 Å². The summed E-state index contributed by atoms with van der Waals surface area (Å²) in [6.07, 6.45) is 3.41. The zero-order valence-corrected chi connectivity index (χ0v) is 10.1. The second-order valence-electron chi connectivity index (χ2n) is 3.67. The number of nitrogens with zero attached hydrogens (tertiary/aromatic N) is 2. The van der Waals surface area contributed by atoms with Crippen LogP contribution < -0.4 is 5.32 Å². The number of hydrogen-bond acceptors (Lipinski definition) is 4. The first-order valence-electron chi connectivity index (χ1n) is 4.28. The lowest BCUT2D eigenvalue weighted by molar-refractivity contribution is 0.158. The largest absolute Gasteiger partial charge is 0.382 e. The Morgan fingerprint density at radius 3 is 2.50 bits per heavy atom. The van der Waals surface area contributed by atoms with Crippen LogP contribution in [-0.4, -0.2) is 29.2 Å². The Balaban J connectivity index is 2.64. The van der Waals surface area contributed by atoms with E-state index in [9.17, 15) is 0 Å². The van der Waals surface area contributed by atoms with Crippen LogP contribution in [0.1, 0.15) is 13.8 Å². The minimum absolute atomic E-state index is 0.164. The van der Waals surface area contributed by atoms with E-state index in [1.54, 1.807) is 19.5 Å². The predicted molar refractivity (Wildman–Crippen MR) is 59.3 cm³/mol. The van der Waals surface area contributed by atoms with Crippen LogP contribution in [0.4, 0.5) is 5.95 Å². The molecule has 0 atom stereocenters. The monoisotopic (exact) mass is 259 g/mol. The molecule has 0 aliphatic rings. The Bertz CT molecular complexity index is 287. The number of rotatable bonds is 4. The molecule has 14 heavy (non-hydrogen) atoms. The van der Waals surface area contributed by atoms with Crippen molar-refractivity contribution in [1.82, 2.24) is 9.97 Å². The molecule has 0 radical (unpaired) electrons. The molecule has 0 unspecified atom stereocenters. The average Bonchev–Trinajstić information content (AvgIpc) is 2.08. The maximum absolute atomic E-state index is 5.08. The van der Waals surface area contributed by atoms with Crippen molar-refractivity contribution < 1.29 is 4.74 Å². The van der Waals surface area contributed by atoms with Gasteiger partial charge < -0.3 is 10.1 Å². The van der Waals surface area contributed by atoms with E-state index in [1.165, 1.54) is 0 Å². The number of methoxy groups -OCH3 is 1. The fourth-order valence-electron chi connectivity index (χ4n) is 1.08. The van der Waals surface area contributed by atoms with Gasteiger partial charge in [0, 0.05) is 19.5 Å². The maximum Gasteiger partial charge on any atom is 0.223 e. The van der Waals surface area contributed by atoms with Crippen molar-refractivity contribution in [3.63, 3.8) is 0 Å². The van der Waals surface area contributed by atoms with Gasteiger partial charge in [0.05, 0.1) is 16.6 Å². The van der Waals surface area contributed by atoms with Gasteiger partial charge in [0.2, 0.25) is 5.95 Å². The topological polar surface area (TPSA) is 47.0 Å². The van der Waals surface area contributed by atoms with Crippen LogP contribution in [0.15, 0.2) is 16.9 Å². The summed E-state index contributed by atoms with van der Waals surface area (Å²) in [4.78, 5) is 8.24. The minimum Gasteiger partial charge on any atom is -0.382 e. The number of ether oxygens (including phenoxy) is 1. The fraction of sp³-hybridized carbons (Fsp3) is 0.556. The lowest BCUT2D eigenvalue weighted by Crippen LogP contribution is -2.36. The van der Waals surface area contributed by atoms with E-state index >= 15 is 0 Å². The van der Waals surface area contributed by atoms with Crippen molar-refractivity contribution in [3.8, 4) is 0 Å². The van der Waals surface area contributed by atoms with E-state index in [2.05, 4.69) is 31.2 Å². The van der Waals surface area contributed by atoms with Crippen molar-refractivity contribution in [1.29, 1.82) is 0 Å². The summed E-state index contributed by atoms with van der Waals surface area (Å²) in [5.41, 5.74) is -0.164. The zero-order chi connectivity index (χ0) is 10.6. The molecular weight excluding hydrogens is 246 g/mol. The van der Waals surface area contributed by atoms with E-state index in [4.69, 9.17) is 4.74 Å². The van der Waals surface area contributed by atoms with Gasteiger partial charge in [-0.25, -0.2) is 9.97 Å². The van der Waals surface area contributed by atoms with E-state index in [0.717, 1.165) is 4.47 Å². The number of anilines is 1. The highest BCUT2D eigenvalue weighted by molar-refractivity contribution is 9.10. The van der Waals surface area contributed by atoms with Gasteiger partial charge in [-0.05, 0) is 29.8 Å². The Morgan fingerprint density at radius 2 is 2.00 bits per heavy atom. The van der Waals surface area contributed by atoms with Gasteiger partial charge in [0.25, 0.3) is 0 Å². The molecule has 1 aromatic heterocycles. The molecule has 1 heterocycles. The third-order valence-corrected chi connectivity index (χ3v) is 1.99. The number of hydrogen-bond donors (Lipinski definition) is 1. The van der Waals surface area contributed by atoms with Gasteiger partial charge in [-0.2, -0.15) is 0 Å². The molecule has 0 fully saturated rings.